The summed E-state index contributed by atoms with van der Waals surface area (Å²) in [5.41, 5.74) is -0.458. The number of amides is 1. The van der Waals surface area contributed by atoms with E-state index in [0.717, 1.165) is 25.9 Å². The van der Waals surface area contributed by atoms with E-state index in [4.69, 9.17) is 14.2 Å². The van der Waals surface area contributed by atoms with Crippen molar-refractivity contribution in [3.05, 3.63) is 12.2 Å². The largest absolute Gasteiger partial charge is 0.444 e. The van der Waals surface area contributed by atoms with Gasteiger partial charge in [0.15, 0.2) is 6.29 Å². The van der Waals surface area contributed by atoms with Crippen molar-refractivity contribution >= 4 is 6.09 Å². The Morgan fingerprint density at radius 2 is 2.19 bits per heavy atom. The molecule has 0 radical (unpaired) electrons. The molecule has 0 aliphatic carbocycles. The average molecular weight is 297 g/mol. The van der Waals surface area contributed by atoms with Crippen LogP contribution in [-0.2, 0) is 14.2 Å². The van der Waals surface area contributed by atoms with E-state index in [1.54, 1.807) is 4.90 Å². The molecule has 1 unspecified atom stereocenters. The molecule has 0 aromatic carbocycles. The smallest absolute Gasteiger partial charge is 0.410 e. The minimum atomic E-state index is -0.458. The number of hydrogen-bond donors (Lipinski definition) is 0. The van der Waals surface area contributed by atoms with Crippen LogP contribution in [-0.4, -0.2) is 49.2 Å². The average Bonchev–Trinajstić information content (AvgIpc) is 2.45. The molecule has 5 heteroatoms. The monoisotopic (exact) mass is 297 g/mol. The molecular weight excluding hydrogens is 270 g/mol. The topological polar surface area (TPSA) is 48.0 Å². The molecule has 21 heavy (non-hydrogen) atoms. The molecule has 2 heterocycles. The van der Waals surface area contributed by atoms with Gasteiger partial charge in [0.05, 0.1) is 6.61 Å². The fourth-order valence-electron chi connectivity index (χ4n) is 2.46. The van der Waals surface area contributed by atoms with Crippen molar-refractivity contribution in [2.75, 3.05) is 26.3 Å². The number of rotatable bonds is 3. The molecule has 1 fully saturated rings. The van der Waals surface area contributed by atoms with E-state index in [9.17, 15) is 4.79 Å². The van der Waals surface area contributed by atoms with Crippen molar-refractivity contribution in [1.29, 1.82) is 0 Å². The third-order valence-electron chi connectivity index (χ3n) is 3.47. The van der Waals surface area contributed by atoms with Gasteiger partial charge in [-0.1, -0.05) is 12.2 Å². The lowest BCUT2D eigenvalue weighted by molar-refractivity contribution is -0.167. The molecular formula is C16H27NO4. The van der Waals surface area contributed by atoms with E-state index in [0.29, 0.717) is 19.7 Å². The zero-order valence-electron chi connectivity index (χ0n) is 13.3. The number of ether oxygens (including phenoxy) is 3. The van der Waals surface area contributed by atoms with Gasteiger partial charge >= 0.3 is 6.09 Å². The predicted molar refractivity (Wildman–Crippen MR) is 80.0 cm³/mol. The van der Waals surface area contributed by atoms with E-state index in [-0.39, 0.29) is 18.3 Å². The van der Waals surface area contributed by atoms with Crippen LogP contribution in [0.4, 0.5) is 4.79 Å². The van der Waals surface area contributed by atoms with Gasteiger partial charge in [-0.25, -0.2) is 4.79 Å². The molecule has 2 rings (SSSR count). The molecule has 120 valence electrons. The van der Waals surface area contributed by atoms with Crippen molar-refractivity contribution in [3.8, 4) is 0 Å². The van der Waals surface area contributed by atoms with E-state index < -0.39 is 5.60 Å². The van der Waals surface area contributed by atoms with Gasteiger partial charge < -0.3 is 19.1 Å². The van der Waals surface area contributed by atoms with Crippen LogP contribution in [0.25, 0.3) is 0 Å². The van der Waals surface area contributed by atoms with Crippen LogP contribution in [0.15, 0.2) is 12.2 Å². The van der Waals surface area contributed by atoms with Crippen LogP contribution < -0.4 is 0 Å². The maximum absolute atomic E-state index is 12.1. The Kier molecular flexibility index (Phi) is 5.65. The molecule has 1 amide bonds. The molecule has 0 aromatic heterocycles. The first kappa shape index (κ1) is 16.3. The van der Waals surface area contributed by atoms with Crippen LogP contribution in [0.3, 0.4) is 0 Å². The minimum absolute atomic E-state index is 0.0796. The number of carbonyl (C=O) groups is 1. The summed E-state index contributed by atoms with van der Waals surface area (Å²) in [7, 11) is 0. The lowest BCUT2D eigenvalue weighted by Gasteiger charge is -2.32. The first-order valence-corrected chi connectivity index (χ1v) is 7.82. The molecule has 0 bridgehead atoms. The zero-order valence-corrected chi connectivity index (χ0v) is 13.3. The van der Waals surface area contributed by atoms with Crippen molar-refractivity contribution < 1.29 is 19.0 Å². The molecule has 0 N–H and O–H groups in total. The number of nitrogens with zero attached hydrogens (tertiary/aromatic N) is 1. The van der Waals surface area contributed by atoms with E-state index in [2.05, 4.69) is 6.08 Å². The van der Waals surface area contributed by atoms with Crippen LogP contribution in [0.5, 0.6) is 0 Å². The maximum atomic E-state index is 12.1. The number of carbonyl (C=O) groups excluding carboxylic acids is 1. The quantitative estimate of drug-likeness (QED) is 0.751. The fraction of sp³-hybridized carbons (Fsp3) is 0.812. The van der Waals surface area contributed by atoms with Crippen LogP contribution in [0.1, 0.15) is 40.0 Å². The first-order valence-electron chi connectivity index (χ1n) is 7.82. The Bertz CT molecular complexity index is 369. The maximum Gasteiger partial charge on any atom is 0.410 e. The Hall–Kier alpha value is -1.07. The molecule has 0 aromatic rings. The Balaban J connectivity index is 1.76. The SMILES string of the molecule is CC(C)(C)OC(=O)N1CC=C[C@@H](COC2CCCCO2)C1. The Morgan fingerprint density at radius 3 is 2.86 bits per heavy atom. The van der Waals surface area contributed by atoms with Gasteiger partial charge in [-0.15, -0.1) is 0 Å². The lowest BCUT2D eigenvalue weighted by atomic mass is 10.1. The van der Waals surface area contributed by atoms with E-state index in [1.807, 2.05) is 26.8 Å². The molecule has 5 nitrogen and oxygen atoms in total. The Labute approximate surface area is 127 Å². The summed E-state index contributed by atoms with van der Waals surface area (Å²) in [6.45, 7) is 8.25. The van der Waals surface area contributed by atoms with Crippen molar-refractivity contribution in [1.82, 2.24) is 4.90 Å². The van der Waals surface area contributed by atoms with E-state index in [1.165, 1.54) is 0 Å². The second kappa shape index (κ2) is 7.27. The highest BCUT2D eigenvalue weighted by atomic mass is 16.7. The second-order valence-electron chi connectivity index (χ2n) is 6.70. The molecule has 0 spiro atoms. The van der Waals surface area contributed by atoms with Crippen LogP contribution in [0, 0.1) is 5.92 Å². The van der Waals surface area contributed by atoms with Crippen molar-refractivity contribution in [2.24, 2.45) is 5.92 Å². The summed E-state index contributed by atoms with van der Waals surface area (Å²) in [5.74, 6) is 0.205. The van der Waals surface area contributed by atoms with Gasteiger partial charge in [0.1, 0.15) is 5.60 Å². The summed E-state index contributed by atoms with van der Waals surface area (Å²) in [6.07, 6.45) is 7.03. The summed E-state index contributed by atoms with van der Waals surface area (Å²) < 4.78 is 16.8. The highest BCUT2D eigenvalue weighted by Crippen LogP contribution is 2.18. The highest BCUT2D eigenvalue weighted by molar-refractivity contribution is 5.68. The highest BCUT2D eigenvalue weighted by Gasteiger charge is 2.26. The molecule has 0 saturated carbocycles. The van der Waals surface area contributed by atoms with Gasteiger partial charge in [-0.05, 0) is 40.0 Å². The second-order valence-corrected chi connectivity index (χ2v) is 6.70. The van der Waals surface area contributed by atoms with Crippen LogP contribution in [0.2, 0.25) is 0 Å². The predicted octanol–water partition coefficient (Wildman–Crippen LogP) is 2.95. The standard InChI is InChI=1S/C16H27NO4/c1-16(2,3)21-15(18)17-9-6-7-13(11-17)12-20-14-8-4-5-10-19-14/h6-7,13-14H,4-5,8-12H2,1-3H3/t13-,14?/m1/s1. The van der Waals surface area contributed by atoms with Gasteiger partial charge in [-0.2, -0.15) is 0 Å². The summed E-state index contributed by atoms with van der Waals surface area (Å²) in [6, 6.07) is 0. The summed E-state index contributed by atoms with van der Waals surface area (Å²) >= 11 is 0. The number of hydrogen-bond acceptors (Lipinski definition) is 4. The van der Waals surface area contributed by atoms with Gasteiger partial charge in [0.25, 0.3) is 0 Å². The first-order chi connectivity index (χ1) is 9.94. The van der Waals surface area contributed by atoms with Gasteiger partial charge in [0, 0.05) is 25.6 Å². The normalized spacial score (nSPS) is 26.7. The molecule has 1 saturated heterocycles. The molecule has 2 aliphatic heterocycles. The summed E-state index contributed by atoms with van der Waals surface area (Å²) in [5, 5.41) is 0. The third-order valence-corrected chi connectivity index (χ3v) is 3.47. The molecule has 2 atom stereocenters. The van der Waals surface area contributed by atoms with Gasteiger partial charge in [-0.3, -0.25) is 0 Å². The van der Waals surface area contributed by atoms with E-state index >= 15 is 0 Å². The van der Waals surface area contributed by atoms with Gasteiger partial charge in [0.2, 0.25) is 0 Å². The van der Waals surface area contributed by atoms with Crippen molar-refractivity contribution in [2.45, 2.75) is 51.9 Å². The molecule has 2 aliphatic rings. The summed E-state index contributed by atoms with van der Waals surface area (Å²) in [4.78, 5) is 13.8. The van der Waals surface area contributed by atoms with Crippen molar-refractivity contribution in [3.63, 3.8) is 0 Å². The Morgan fingerprint density at radius 1 is 1.38 bits per heavy atom. The third kappa shape index (κ3) is 5.67. The van der Waals surface area contributed by atoms with Crippen LogP contribution >= 0.6 is 0 Å². The minimum Gasteiger partial charge on any atom is -0.444 e. The lowest BCUT2D eigenvalue weighted by Crippen LogP contribution is -2.42. The fourth-order valence-corrected chi connectivity index (χ4v) is 2.46. The zero-order chi connectivity index (χ0) is 15.3.